The lowest BCUT2D eigenvalue weighted by Crippen LogP contribution is -2.34. The Labute approximate surface area is 141 Å². The van der Waals surface area contributed by atoms with Crippen molar-refractivity contribution < 1.29 is 9.59 Å². The van der Waals surface area contributed by atoms with Gasteiger partial charge in [0.1, 0.15) is 6.54 Å². The van der Waals surface area contributed by atoms with E-state index in [0.717, 1.165) is 18.8 Å². The van der Waals surface area contributed by atoms with Crippen LogP contribution in [0, 0.1) is 0 Å². The second kappa shape index (κ2) is 7.73. The van der Waals surface area contributed by atoms with Gasteiger partial charge in [-0.05, 0) is 37.1 Å². The van der Waals surface area contributed by atoms with Crippen LogP contribution in [0.5, 0.6) is 0 Å². The molecule has 0 saturated carbocycles. The highest BCUT2D eigenvalue weighted by atomic mass is 32.2. The molecule has 5 nitrogen and oxygen atoms in total. The minimum Gasteiger partial charge on any atom is -0.372 e. The predicted molar refractivity (Wildman–Crippen MR) is 94.8 cm³/mol. The average molecular weight is 333 g/mol. The van der Waals surface area contributed by atoms with Crippen LogP contribution in [0.2, 0.25) is 0 Å². The van der Waals surface area contributed by atoms with Gasteiger partial charge in [0.05, 0.1) is 11.6 Å². The quantitative estimate of drug-likeness (QED) is 0.920. The topological polar surface area (TPSA) is 52.7 Å². The molecule has 2 amide bonds. The standard InChI is InChI=1S/C17H23N3O2S/c21-16(11-20-13-23-12-17(20)22)18-14-5-7-15(8-6-14)19-9-3-1-2-4-10-19/h5-8H,1-4,9-13H2,(H,18,21). The second-order valence-electron chi connectivity index (χ2n) is 6.07. The van der Waals surface area contributed by atoms with Gasteiger partial charge in [0, 0.05) is 24.5 Å². The molecule has 1 N–H and O–H groups in total. The number of hydrogen-bond donors (Lipinski definition) is 1. The molecule has 0 aromatic heterocycles. The van der Waals surface area contributed by atoms with Gasteiger partial charge >= 0.3 is 0 Å². The lowest BCUT2D eigenvalue weighted by Gasteiger charge is -2.23. The van der Waals surface area contributed by atoms with Crippen molar-refractivity contribution in [1.29, 1.82) is 0 Å². The van der Waals surface area contributed by atoms with E-state index in [9.17, 15) is 9.59 Å². The number of benzene rings is 1. The summed E-state index contributed by atoms with van der Waals surface area (Å²) in [5.41, 5.74) is 2.00. The highest BCUT2D eigenvalue weighted by Gasteiger charge is 2.22. The zero-order chi connectivity index (χ0) is 16.1. The van der Waals surface area contributed by atoms with Crippen LogP contribution in [-0.4, -0.2) is 48.0 Å². The van der Waals surface area contributed by atoms with Gasteiger partial charge in [0.25, 0.3) is 0 Å². The molecule has 2 fully saturated rings. The van der Waals surface area contributed by atoms with Crippen molar-refractivity contribution in [3.05, 3.63) is 24.3 Å². The Morgan fingerprint density at radius 3 is 2.39 bits per heavy atom. The summed E-state index contributed by atoms with van der Waals surface area (Å²) in [6, 6.07) is 8.02. The molecule has 2 heterocycles. The first kappa shape index (κ1) is 16.2. The molecule has 1 aromatic carbocycles. The Bertz CT molecular complexity index is 553. The van der Waals surface area contributed by atoms with Gasteiger partial charge in [-0.15, -0.1) is 11.8 Å². The van der Waals surface area contributed by atoms with Gasteiger partial charge in [0.2, 0.25) is 11.8 Å². The third kappa shape index (κ3) is 4.41. The average Bonchev–Trinajstić information content (AvgIpc) is 2.79. The summed E-state index contributed by atoms with van der Waals surface area (Å²) in [5, 5.41) is 2.87. The van der Waals surface area contributed by atoms with Gasteiger partial charge in [0.15, 0.2) is 0 Å². The first-order valence-corrected chi connectivity index (χ1v) is 9.38. The van der Waals surface area contributed by atoms with Crippen LogP contribution in [0.15, 0.2) is 24.3 Å². The highest BCUT2D eigenvalue weighted by Crippen LogP contribution is 2.22. The Morgan fingerprint density at radius 1 is 1.09 bits per heavy atom. The fourth-order valence-electron chi connectivity index (χ4n) is 3.00. The van der Waals surface area contributed by atoms with Crippen LogP contribution in [-0.2, 0) is 9.59 Å². The van der Waals surface area contributed by atoms with Crippen molar-refractivity contribution in [2.45, 2.75) is 25.7 Å². The molecule has 0 atom stereocenters. The smallest absolute Gasteiger partial charge is 0.244 e. The van der Waals surface area contributed by atoms with Gasteiger partial charge in [-0.25, -0.2) is 0 Å². The van der Waals surface area contributed by atoms with Gasteiger partial charge in [-0.1, -0.05) is 12.8 Å². The van der Waals surface area contributed by atoms with Crippen LogP contribution in [0.4, 0.5) is 11.4 Å². The molecule has 0 aliphatic carbocycles. The molecule has 23 heavy (non-hydrogen) atoms. The summed E-state index contributed by atoms with van der Waals surface area (Å²) in [5.74, 6) is 1.00. The summed E-state index contributed by atoms with van der Waals surface area (Å²) >= 11 is 1.55. The molecule has 0 unspecified atom stereocenters. The van der Waals surface area contributed by atoms with Crippen molar-refractivity contribution in [1.82, 2.24) is 4.90 Å². The molecule has 0 radical (unpaired) electrons. The second-order valence-corrected chi connectivity index (χ2v) is 7.02. The lowest BCUT2D eigenvalue weighted by molar-refractivity contribution is -0.130. The normalized spacial score (nSPS) is 18.9. The number of hydrogen-bond acceptors (Lipinski definition) is 4. The zero-order valence-electron chi connectivity index (χ0n) is 13.3. The van der Waals surface area contributed by atoms with Gasteiger partial charge in [-0.3, -0.25) is 9.59 Å². The van der Waals surface area contributed by atoms with Crippen LogP contribution < -0.4 is 10.2 Å². The van der Waals surface area contributed by atoms with Crippen molar-refractivity contribution in [3.63, 3.8) is 0 Å². The summed E-state index contributed by atoms with van der Waals surface area (Å²) in [7, 11) is 0. The maximum Gasteiger partial charge on any atom is 0.244 e. The number of thioether (sulfide) groups is 1. The van der Waals surface area contributed by atoms with E-state index in [0.29, 0.717) is 11.6 Å². The zero-order valence-corrected chi connectivity index (χ0v) is 14.1. The van der Waals surface area contributed by atoms with E-state index < -0.39 is 0 Å². The predicted octanol–water partition coefficient (Wildman–Crippen LogP) is 2.54. The van der Waals surface area contributed by atoms with Crippen molar-refractivity contribution in [3.8, 4) is 0 Å². The van der Waals surface area contributed by atoms with E-state index >= 15 is 0 Å². The Balaban J connectivity index is 1.54. The van der Waals surface area contributed by atoms with Crippen LogP contribution in [0.3, 0.4) is 0 Å². The van der Waals surface area contributed by atoms with Gasteiger partial charge in [-0.2, -0.15) is 0 Å². The van der Waals surface area contributed by atoms with E-state index in [4.69, 9.17) is 0 Å². The number of nitrogens with one attached hydrogen (secondary N) is 1. The Hall–Kier alpha value is -1.69. The Kier molecular flexibility index (Phi) is 5.43. The van der Waals surface area contributed by atoms with E-state index in [-0.39, 0.29) is 18.4 Å². The molecule has 2 saturated heterocycles. The minimum absolute atomic E-state index is 0.0432. The molecule has 1 aromatic rings. The monoisotopic (exact) mass is 333 g/mol. The summed E-state index contributed by atoms with van der Waals surface area (Å²) < 4.78 is 0. The Morgan fingerprint density at radius 2 is 1.78 bits per heavy atom. The number of anilines is 2. The van der Waals surface area contributed by atoms with Crippen LogP contribution in [0.1, 0.15) is 25.7 Å². The number of rotatable bonds is 4. The molecular weight excluding hydrogens is 310 g/mol. The lowest BCUT2D eigenvalue weighted by atomic mass is 10.2. The van der Waals surface area contributed by atoms with Crippen molar-refractivity contribution in [2.24, 2.45) is 0 Å². The first-order valence-electron chi connectivity index (χ1n) is 8.23. The van der Waals surface area contributed by atoms with Crippen LogP contribution in [0.25, 0.3) is 0 Å². The number of carbonyl (C=O) groups excluding carboxylic acids is 2. The molecule has 124 valence electrons. The van der Waals surface area contributed by atoms with E-state index in [1.807, 2.05) is 12.1 Å². The SMILES string of the molecule is O=C(CN1CSCC1=O)Nc1ccc(N2CCCCCC2)cc1. The molecule has 0 spiro atoms. The van der Waals surface area contributed by atoms with Gasteiger partial charge < -0.3 is 15.1 Å². The number of amides is 2. The van der Waals surface area contributed by atoms with Crippen LogP contribution >= 0.6 is 11.8 Å². The first-order chi connectivity index (χ1) is 11.2. The number of nitrogens with zero attached hydrogens (tertiary/aromatic N) is 2. The molecule has 0 bridgehead atoms. The summed E-state index contributed by atoms with van der Waals surface area (Å²) in [6.07, 6.45) is 5.14. The number of carbonyl (C=O) groups is 2. The highest BCUT2D eigenvalue weighted by molar-refractivity contribution is 8.00. The maximum atomic E-state index is 12.0. The molecule has 2 aliphatic rings. The summed E-state index contributed by atoms with van der Waals surface area (Å²) in [6.45, 7) is 2.36. The fraction of sp³-hybridized carbons (Fsp3) is 0.529. The minimum atomic E-state index is -0.136. The van der Waals surface area contributed by atoms with E-state index in [1.54, 1.807) is 16.7 Å². The van der Waals surface area contributed by atoms with Crippen molar-refractivity contribution >= 4 is 35.0 Å². The third-order valence-corrected chi connectivity index (χ3v) is 5.23. The third-order valence-electron chi connectivity index (χ3n) is 4.28. The molecule has 6 heteroatoms. The fourth-order valence-corrected chi connectivity index (χ4v) is 3.90. The van der Waals surface area contributed by atoms with Crippen molar-refractivity contribution in [2.75, 3.05) is 41.5 Å². The van der Waals surface area contributed by atoms with E-state index in [2.05, 4.69) is 22.3 Å². The molecular formula is C17H23N3O2S. The largest absolute Gasteiger partial charge is 0.372 e. The molecule has 3 rings (SSSR count). The summed E-state index contributed by atoms with van der Waals surface area (Å²) in [4.78, 5) is 27.6. The van der Waals surface area contributed by atoms with E-state index in [1.165, 1.54) is 31.4 Å². The maximum absolute atomic E-state index is 12.0. The molecule has 2 aliphatic heterocycles.